The molecule has 2 amide bonds. The average Bonchev–Trinajstić information content (AvgIpc) is 2.35. The van der Waals surface area contributed by atoms with Crippen LogP contribution in [-0.4, -0.2) is 46.7 Å². The highest BCUT2D eigenvalue weighted by atomic mass is 16.5. The normalized spacial score (nSPS) is 14.6. The van der Waals surface area contributed by atoms with Crippen molar-refractivity contribution in [2.24, 2.45) is 5.92 Å². The number of aliphatic carboxylic acids is 1. The summed E-state index contributed by atoms with van der Waals surface area (Å²) < 4.78 is 5.21. The Bertz CT molecular complexity index is 483. The third kappa shape index (κ3) is 3.59. The van der Waals surface area contributed by atoms with Crippen LogP contribution in [0.4, 0.5) is 10.5 Å². The SMILES string of the molecule is CCOc1ccc(NC(=O)N2CC(CC(=O)O)C2)cn1. The van der Waals surface area contributed by atoms with E-state index >= 15 is 0 Å². The zero-order valence-corrected chi connectivity index (χ0v) is 11.2. The van der Waals surface area contributed by atoms with Crippen LogP contribution in [0.1, 0.15) is 13.3 Å². The molecule has 0 aromatic carbocycles. The van der Waals surface area contributed by atoms with Crippen LogP contribution in [0.2, 0.25) is 0 Å². The predicted molar refractivity (Wildman–Crippen MR) is 71.7 cm³/mol. The Kier molecular flexibility index (Phi) is 4.39. The average molecular weight is 279 g/mol. The van der Waals surface area contributed by atoms with Crippen molar-refractivity contribution in [3.05, 3.63) is 18.3 Å². The molecule has 20 heavy (non-hydrogen) atoms. The van der Waals surface area contributed by atoms with Crippen LogP contribution in [0.3, 0.4) is 0 Å². The lowest BCUT2D eigenvalue weighted by Crippen LogP contribution is -2.52. The van der Waals surface area contributed by atoms with Crippen molar-refractivity contribution in [3.8, 4) is 5.88 Å². The lowest BCUT2D eigenvalue weighted by molar-refractivity contribution is -0.139. The fraction of sp³-hybridized carbons (Fsp3) is 0.462. The molecule has 1 aliphatic heterocycles. The second kappa shape index (κ2) is 6.23. The number of ether oxygens (including phenoxy) is 1. The third-order valence-electron chi connectivity index (χ3n) is 2.99. The van der Waals surface area contributed by atoms with Crippen LogP contribution in [0.5, 0.6) is 5.88 Å². The number of carbonyl (C=O) groups excluding carboxylic acids is 1. The van der Waals surface area contributed by atoms with Gasteiger partial charge in [-0.25, -0.2) is 9.78 Å². The molecule has 2 N–H and O–H groups in total. The summed E-state index contributed by atoms with van der Waals surface area (Å²) in [5.74, 6) is -0.265. The Balaban J connectivity index is 1.79. The minimum Gasteiger partial charge on any atom is -0.481 e. The van der Waals surface area contributed by atoms with Gasteiger partial charge in [-0.05, 0) is 13.0 Å². The number of amides is 2. The molecule has 7 nitrogen and oxygen atoms in total. The van der Waals surface area contributed by atoms with Gasteiger partial charge in [-0.1, -0.05) is 0 Å². The van der Waals surface area contributed by atoms with Crippen molar-refractivity contribution in [3.63, 3.8) is 0 Å². The van der Waals surface area contributed by atoms with Gasteiger partial charge in [0.15, 0.2) is 0 Å². The first-order valence-corrected chi connectivity index (χ1v) is 6.45. The van der Waals surface area contributed by atoms with E-state index in [4.69, 9.17) is 9.84 Å². The number of aromatic nitrogens is 1. The summed E-state index contributed by atoms with van der Waals surface area (Å²) in [5.41, 5.74) is 0.583. The van der Waals surface area contributed by atoms with Gasteiger partial charge in [0.05, 0.1) is 24.9 Å². The maximum atomic E-state index is 11.8. The molecular formula is C13H17N3O4. The Morgan fingerprint density at radius 3 is 2.80 bits per heavy atom. The minimum atomic E-state index is -0.828. The number of carbonyl (C=O) groups is 2. The van der Waals surface area contributed by atoms with E-state index in [-0.39, 0.29) is 18.4 Å². The van der Waals surface area contributed by atoms with Crippen molar-refractivity contribution < 1.29 is 19.4 Å². The monoisotopic (exact) mass is 279 g/mol. The highest BCUT2D eigenvalue weighted by molar-refractivity contribution is 5.89. The molecule has 1 fully saturated rings. The molecule has 0 bridgehead atoms. The number of pyridine rings is 1. The molecule has 0 spiro atoms. The first-order chi connectivity index (χ1) is 9.58. The molecule has 2 rings (SSSR count). The van der Waals surface area contributed by atoms with Gasteiger partial charge in [0.1, 0.15) is 0 Å². The Morgan fingerprint density at radius 1 is 1.50 bits per heavy atom. The number of hydrogen-bond acceptors (Lipinski definition) is 4. The van der Waals surface area contributed by atoms with E-state index in [2.05, 4.69) is 10.3 Å². The standard InChI is InChI=1S/C13H17N3O4/c1-2-20-11-4-3-10(6-14-11)15-13(19)16-7-9(8-16)5-12(17)18/h3-4,6,9H,2,5,7-8H2,1H3,(H,15,19)(H,17,18). The van der Waals surface area contributed by atoms with Crippen molar-refractivity contribution in [1.82, 2.24) is 9.88 Å². The molecule has 1 aromatic rings. The summed E-state index contributed by atoms with van der Waals surface area (Å²) >= 11 is 0. The summed E-state index contributed by atoms with van der Waals surface area (Å²) in [7, 11) is 0. The van der Waals surface area contributed by atoms with Crippen LogP contribution in [-0.2, 0) is 4.79 Å². The molecule has 108 valence electrons. The molecule has 0 aliphatic carbocycles. The van der Waals surface area contributed by atoms with Crippen LogP contribution in [0.15, 0.2) is 18.3 Å². The first kappa shape index (κ1) is 14.1. The quantitative estimate of drug-likeness (QED) is 0.850. The predicted octanol–water partition coefficient (Wildman–Crippen LogP) is 1.42. The van der Waals surface area contributed by atoms with E-state index in [1.807, 2.05) is 6.92 Å². The summed E-state index contributed by atoms with van der Waals surface area (Å²) in [4.78, 5) is 28.0. The third-order valence-corrected chi connectivity index (χ3v) is 2.99. The number of anilines is 1. The van der Waals surface area contributed by atoms with Crippen LogP contribution >= 0.6 is 0 Å². The first-order valence-electron chi connectivity index (χ1n) is 6.45. The van der Waals surface area contributed by atoms with Gasteiger partial charge in [-0.2, -0.15) is 0 Å². The van der Waals surface area contributed by atoms with Gasteiger partial charge in [0.25, 0.3) is 0 Å². The van der Waals surface area contributed by atoms with Crippen molar-refractivity contribution in [2.75, 3.05) is 25.0 Å². The zero-order valence-electron chi connectivity index (χ0n) is 11.2. The van der Waals surface area contributed by atoms with E-state index in [1.165, 1.54) is 6.20 Å². The molecule has 1 aliphatic rings. The van der Waals surface area contributed by atoms with Gasteiger partial charge < -0.3 is 20.1 Å². The van der Waals surface area contributed by atoms with Gasteiger partial charge >= 0.3 is 12.0 Å². The second-order valence-electron chi connectivity index (χ2n) is 4.62. The molecule has 2 heterocycles. The number of nitrogens with one attached hydrogen (secondary N) is 1. The second-order valence-corrected chi connectivity index (χ2v) is 4.62. The highest BCUT2D eigenvalue weighted by Gasteiger charge is 2.32. The lowest BCUT2D eigenvalue weighted by atomic mass is 9.97. The molecule has 0 unspecified atom stereocenters. The van der Waals surface area contributed by atoms with Gasteiger partial charge in [-0.3, -0.25) is 4.79 Å². The van der Waals surface area contributed by atoms with Gasteiger partial charge in [-0.15, -0.1) is 0 Å². The summed E-state index contributed by atoms with van der Waals surface area (Å²) in [6.45, 7) is 3.36. The zero-order chi connectivity index (χ0) is 14.5. The molecule has 0 radical (unpaired) electrons. The summed E-state index contributed by atoms with van der Waals surface area (Å²) in [6, 6.07) is 3.16. The molecule has 1 saturated heterocycles. The van der Waals surface area contributed by atoms with Crippen molar-refractivity contribution >= 4 is 17.7 Å². The topological polar surface area (TPSA) is 91.8 Å². The lowest BCUT2D eigenvalue weighted by Gasteiger charge is -2.38. The highest BCUT2D eigenvalue weighted by Crippen LogP contribution is 2.20. The molecular weight excluding hydrogens is 262 g/mol. The summed E-state index contributed by atoms with van der Waals surface area (Å²) in [5, 5.41) is 11.3. The largest absolute Gasteiger partial charge is 0.481 e. The van der Waals surface area contributed by atoms with Crippen LogP contribution in [0, 0.1) is 5.92 Å². The number of carboxylic acids is 1. The maximum absolute atomic E-state index is 11.8. The minimum absolute atomic E-state index is 0.0525. The van der Waals surface area contributed by atoms with Gasteiger partial charge in [0, 0.05) is 25.1 Å². The Hall–Kier alpha value is -2.31. The number of carboxylic acid groups (broad SMARTS) is 1. The number of rotatable bonds is 5. The number of urea groups is 1. The fourth-order valence-corrected chi connectivity index (χ4v) is 2.00. The van der Waals surface area contributed by atoms with E-state index in [0.717, 1.165) is 0 Å². The molecule has 0 saturated carbocycles. The molecule has 0 atom stereocenters. The maximum Gasteiger partial charge on any atom is 0.321 e. The Morgan fingerprint density at radius 2 is 2.25 bits per heavy atom. The fourth-order valence-electron chi connectivity index (χ4n) is 2.00. The van der Waals surface area contributed by atoms with E-state index in [0.29, 0.717) is 31.3 Å². The number of hydrogen-bond donors (Lipinski definition) is 2. The Labute approximate surface area is 116 Å². The van der Waals surface area contributed by atoms with Crippen LogP contribution < -0.4 is 10.1 Å². The van der Waals surface area contributed by atoms with E-state index in [9.17, 15) is 9.59 Å². The molecule has 1 aromatic heterocycles. The van der Waals surface area contributed by atoms with E-state index in [1.54, 1.807) is 17.0 Å². The number of likely N-dealkylation sites (tertiary alicyclic amines) is 1. The van der Waals surface area contributed by atoms with E-state index < -0.39 is 5.97 Å². The summed E-state index contributed by atoms with van der Waals surface area (Å²) in [6.07, 6.45) is 1.63. The van der Waals surface area contributed by atoms with Gasteiger partial charge in [0.2, 0.25) is 5.88 Å². The van der Waals surface area contributed by atoms with Crippen LogP contribution in [0.25, 0.3) is 0 Å². The smallest absolute Gasteiger partial charge is 0.321 e. The molecule has 7 heteroatoms. The van der Waals surface area contributed by atoms with Crippen molar-refractivity contribution in [2.45, 2.75) is 13.3 Å². The number of nitrogens with zero attached hydrogens (tertiary/aromatic N) is 2. The van der Waals surface area contributed by atoms with Crippen molar-refractivity contribution in [1.29, 1.82) is 0 Å².